The molecule has 0 spiro atoms. The van der Waals surface area contributed by atoms with E-state index in [1.807, 2.05) is 13.0 Å². The topological polar surface area (TPSA) is 52.3 Å². The molecule has 1 aromatic rings. The Kier molecular flexibility index (Phi) is 3.13. The molecular formula is C9H10INO2. The minimum atomic E-state index is -0.383. The van der Waals surface area contributed by atoms with E-state index < -0.39 is 0 Å². The van der Waals surface area contributed by atoms with Crippen LogP contribution in [0, 0.1) is 10.5 Å². The number of esters is 1. The molecule has 0 aliphatic heterocycles. The van der Waals surface area contributed by atoms with Crippen LogP contribution in [0.15, 0.2) is 12.1 Å². The van der Waals surface area contributed by atoms with Crippen LogP contribution in [0.3, 0.4) is 0 Å². The number of anilines is 1. The van der Waals surface area contributed by atoms with Crippen LogP contribution in [0.5, 0.6) is 0 Å². The monoisotopic (exact) mass is 291 g/mol. The highest BCUT2D eigenvalue weighted by molar-refractivity contribution is 14.1. The zero-order valence-corrected chi connectivity index (χ0v) is 9.58. The van der Waals surface area contributed by atoms with Gasteiger partial charge in [-0.05, 0) is 47.2 Å². The number of hydrogen-bond acceptors (Lipinski definition) is 3. The third-order valence-electron chi connectivity index (χ3n) is 1.72. The summed E-state index contributed by atoms with van der Waals surface area (Å²) in [4.78, 5) is 11.3. The van der Waals surface area contributed by atoms with Crippen LogP contribution in [0.2, 0.25) is 0 Å². The Morgan fingerprint density at radius 2 is 2.15 bits per heavy atom. The molecule has 0 saturated carbocycles. The fourth-order valence-electron chi connectivity index (χ4n) is 1.15. The predicted molar refractivity (Wildman–Crippen MR) is 59.6 cm³/mol. The largest absolute Gasteiger partial charge is 0.465 e. The Morgan fingerprint density at radius 1 is 1.54 bits per heavy atom. The Hall–Kier alpha value is -0.780. The van der Waals surface area contributed by atoms with Crippen molar-refractivity contribution in [3.05, 3.63) is 26.8 Å². The number of nitrogens with two attached hydrogens (primary N) is 1. The summed E-state index contributed by atoms with van der Waals surface area (Å²) in [5, 5.41) is 0. The van der Waals surface area contributed by atoms with Gasteiger partial charge in [0.1, 0.15) is 0 Å². The predicted octanol–water partition coefficient (Wildman–Crippen LogP) is 1.97. The maximum atomic E-state index is 11.3. The van der Waals surface area contributed by atoms with Crippen molar-refractivity contribution in [1.29, 1.82) is 0 Å². The van der Waals surface area contributed by atoms with E-state index in [4.69, 9.17) is 5.73 Å². The van der Waals surface area contributed by atoms with Crippen molar-refractivity contribution in [2.24, 2.45) is 0 Å². The fourth-order valence-corrected chi connectivity index (χ4v) is 1.95. The van der Waals surface area contributed by atoms with Crippen molar-refractivity contribution in [2.75, 3.05) is 12.8 Å². The molecule has 0 amide bonds. The van der Waals surface area contributed by atoms with E-state index in [2.05, 4.69) is 27.3 Å². The highest BCUT2D eigenvalue weighted by atomic mass is 127. The van der Waals surface area contributed by atoms with Gasteiger partial charge in [0.2, 0.25) is 0 Å². The van der Waals surface area contributed by atoms with E-state index in [1.54, 1.807) is 6.07 Å². The van der Waals surface area contributed by atoms with Gasteiger partial charge in [-0.15, -0.1) is 0 Å². The zero-order valence-electron chi connectivity index (χ0n) is 7.43. The number of carbonyl (C=O) groups excluding carboxylic acids is 1. The van der Waals surface area contributed by atoms with Crippen molar-refractivity contribution in [3.8, 4) is 0 Å². The van der Waals surface area contributed by atoms with Gasteiger partial charge in [-0.2, -0.15) is 0 Å². The Bertz CT molecular complexity index is 326. The number of carbonyl (C=O) groups is 1. The molecule has 0 unspecified atom stereocenters. The molecule has 0 heterocycles. The molecule has 0 atom stereocenters. The van der Waals surface area contributed by atoms with Gasteiger partial charge in [-0.3, -0.25) is 0 Å². The second kappa shape index (κ2) is 3.95. The first-order chi connectivity index (χ1) is 6.06. The van der Waals surface area contributed by atoms with Gasteiger partial charge in [-0.25, -0.2) is 4.79 Å². The zero-order chi connectivity index (χ0) is 10.0. The molecule has 0 fully saturated rings. The summed E-state index contributed by atoms with van der Waals surface area (Å²) >= 11 is 2.15. The van der Waals surface area contributed by atoms with Gasteiger partial charge in [0.15, 0.2) is 0 Å². The number of ether oxygens (including phenoxy) is 1. The Labute approximate surface area is 90.4 Å². The van der Waals surface area contributed by atoms with Gasteiger partial charge < -0.3 is 10.5 Å². The Balaban J connectivity index is 3.28. The quantitative estimate of drug-likeness (QED) is 0.489. The summed E-state index contributed by atoms with van der Waals surface area (Å²) < 4.78 is 5.63. The van der Waals surface area contributed by atoms with E-state index in [1.165, 1.54) is 7.11 Å². The summed E-state index contributed by atoms with van der Waals surface area (Å²) in [6, 6.07) is 3.64. The van der Waals surface area contributed by atoms with Gasteiger partial charge >= 0.3 is 5.97 Å². The van der Waals surface area contributed by atoms with Crippen LogP contribution < -0.4 is 5.73 Å². The maximum Gasteiger partial charge on any atom is 0.340 e. The van der Waals surface area contributed by atoms with Crippen molar-refractivity contribution in [2.45, 2.75) is 6.92 Å². The SMILES string of the molecule is COC(=O)c1c(C)cc(I)cc1N. The molecule has 0 aromatic heterocycles. The second-order valence-corrected chi connectivity index (χ2v) is 3.92. The van der Waals surface area contributed by atoms with Gasteiger partial charge in [0, 0.05) is 9.26 Å². The van der Waals surface area contributed by atoms with Crippen LogP contribution in [0.25, 0.3) is 0 Å². The van der Waals surface area contributed by atoms with Crippen molar-refractivity contribution < 1.29 is 9.53 Å². The first kappa shape index (κ1) is 10.3. The van der Waals surface area contributed by atoms with Gasteiger partial charge in [-0.1, -0.05) is 0 Å². The lowest BCUT2D eigenvalue weighted by molar-refractivity contribution is 0.0601. The fraction of sp³-hybridized carbons (Fsp3) is 0.222. The number of benzene rings is 1. The van der Waals surface area contributed by atoms with Crippen LogP contribution >= 0.6 is 22.6 Å². The highest BCUT2D eigenvalue weighted by Crippen LogP contribution is 2.21. The summed E-state index contributed by atoms with van der Waals surface area (Å²) in [6.07, 6.45) is 0. The lowest BCUT2D eigenvalue weighted by atomic mass is 10.1. The van der Waals surface area contributed by atoms with E-state index in [0.29, 0.717) is 11.3 Å². The summed E-state index contributed by atoms with van der Waals surface area (Å²) in [6.45, 7) is 1.84. The van der Waals surface area contributed by atoms with Gasteiger partial charge in [0.25, 0.3) is 0 Å². The number of hydrogen-bond donors (Lipinski definition) is 1. The number of nitrogen functional groups attached to an aromatic ring is 1. The lowest BCUT2D eigenvalue weighted by Crippen LogP contribution is -2.08. The molecule has 1 aromatic carbocycles. The Morgan fingerprint density at radius 3 is 2.62 bits per heavy atom. The van der Waals surface area contributed by atoms with Crippen LogP contribution in [-0.4, -0.2) is 13.1 Å². The molecule has 0 radical (unpaired) electrons. The maximum absolute atomic E-state index is 11.3. The first-order valence-corrected chi connectivity index (χ1v) is 4.78. The molecule has 4 heteroatoms. The van der Waals surface area contributed by atoms with Crippen molar-refractivity contribution in [1.82, 2.24) is 0 Å². The van der Waals surface area contributed by atoms with Crippen LogP contribution in [0.1, 0.15) is 15.9 Å². The molecule has 0 saturated heterocycles. The highest BCUT2D eigenvalue weighted by Gasteiger charge is 2.13. The molecule has 3 nitrogen and oxygen atoms in total. The minimum absolute atomic E-state index is 0.383. The second-order valence-electron chi connectivity index (χ2n) is 2.68. The molecule has 0 aliphatic rings. The third-order valence-corrected chi connectivity index (χ3v) is 2.34. The van der Waals surface area contributed by atoms with E-state index in [0.717, 1.165) is 9.13 Å². The molecule has 0 bridgehead atoms. The van der Waals surface area contributed by atoms with Gasteiger partial charge in [0.05, 0.1) is 12.7 Å². The van der Waals surface area contributed by atoms with Crippen molar-refractivity contribution >= 4 is 34.2 Å². The average Bonchev–Trinajstić information content (AvgIpc) is 2.02. The molecule has 70 valence electrons. The molecule has 0 aliphatic carbocycles. The lowest BCUT2D eigenvalue weighted by Gasteiger charge is -2.07. The van der Waals surface area contributed by atoms with Crippen molar-refractivity contribution in [3.63, 3.8) is 0 Å². The summed E-state index contributed by atoms with van der Waals surface area (Å²) in [5.41, 5.74) is 7.47. The van der Waals surface area contributed by atoms with E-state index >= 15 is 0 Å². The first-order valence-electron chi connectivity index (χ1n) is 3.70. The smallest absolute Gasteiger partial charge is 0.340 e. The summed E-state index contributed by atoms with van der Waals surface area (Å²) in [5.74, 6) is -0.383. The number of aryl methyl sites for hydroxylation is 1. The molecular weight excluding hydrogens is 281 g/mol. The normalized spacial score (nSPS) is 9.77. The van der Waals surface area contributed by atoms with E-state index in [9.17, 15) is 4.79 Å². The van der Waals surface area contributed by atoms with E-state index in [-0.39, 0.29) is 5.97 Å². The number of halogens is 1. The standard InChI is InChI=1S/C9H10INO2/c1-5-3-6(10)4-7(11)8(5)9(12)13-2/h3-4H,11H2,1-2H3. The molecule has 13 heavy (non-hydrogen) atoms. The average molecular weight is 291 g/mol. The van der Waals surface area contributed by atoms with Crippen LogP contribution in [-0.2, 0) is 4.74 Å². The molecule has 1 rings (SSSR count). The molecule has 2 N–H and O–H groups in total. The third kappa shape index (κ3) is 2.12. The summed E-state index contributed by atoms with van der Waals surface area (Å²) in [7, 11) is 1.35. The number of rotatable bonds is 1. The number of methoxy groups -OCH3 is 1. The minimum Gasteiger partial charge on any atom is -0.465 e. The van der Waals surface area contributed by atoms with Crippen LogP contribution in [0.4, 0.5) is 5.69 Å².